The second kappa shape index (κ2) is 9.58. The average molecular weight is 353 g/mol. The fraction of sp³-hybridized carbons (Fsp3) is 0.438. The molecule has 2 atom stereocenters. The lowest BCUT2D eigenvalue weighted by Gasteiger charge is -2.20. The molecule has 0 spiro atoms. The molecule has 0 aliphatic rings. The van der Waals surface area contributed by atoms with Crippen LogP contribution >= 0.6 is 0 Å². The number of amides is 1. The van der Waals surface area contributed by atoms with Crippen LogP contribution in [0.4, 0.5) is 4.39 Å². The molecule has 0 saturated carbocycles. The molecule has 0 saturated heterocycles. The van der Waals surface area contributed by atoms with Crippen LogP contribution in [0.3, 0.4) is 0 Å². The van der Waals surface area contributed by atoms with Gasteiger partial charge in [-0.2, -0.15) is 0 Å². The number of aromatic nitrogens is 1. The lowest BCUT2D eigenvalue weighted by molar-refractivity contribution is -0.152. The Balaban J connectivity index is 2.81. The highest BCUT2D eigenvalue weighted by atomic mass is 19.1. The van der Waals surface area contributed by atoms with Crippen molar-refractivity contribution in [2.45, 2.75) is 44.9 Å². The molecule has 0 radical (unpaired) electrons. The topological polar surface area (TPSA) is 129 Å². The molecule has 1 amide bonds. The van der Waals surface area contributed by atoms with Gasteiger partial charge in [0, 0.05) is 6.42 Å². The first-order valence-corrected chi connectivity index (χ1v) is 7.58. The normalized spacial score (nSPS) is 13.0. The van der Waals surface area contributed by atoms with E-state index >= 15 is 0 Å². The molecule has 0 aromatic carbocycles. The molecule has 25 heavy (non-hydrogen) atoms. The van der Waals surface area contributed by atoms with Gasteiger partial charge < -0.3 is 20.6 Å². The first-order chi connectivity index (χ1) is 11.7. The molecule has 3 N–H and O–H groups in total. The Morgan fingerprint density at radius 2 is 2.08 bits per heavy atom. The Bertz CT molecular complexity index is 633. The standard InChI is InChI=1S/C16H20FN3O5/c1-9(2)25-16(24)13(6-4-11(21)7-18)20-15(23)14(22)12-5-3-10(17)8-19-12/h3,5,7-9,13-14,18,22H,4,6H2,1-2H3,(H,20,23)/t13-,14+/m0/s1. The monoisotopic (exact) mass is 353 g/mol. The predicted octanol–water partition coefficient (Wildman–Crippen LogP) is 0.689. The molecular formula is C16H20FN3O5. The molecule has 1 aromatic rings. The van der Waals surface area contributed by atoms with Crippen molar-refractivity contribution in [2.75, 3.05) is 0 Å². The van der Waals surface area contributed by atoms with E-state index in [0.29, 0.717) is 6.21 Å². The molecule has 9 heteroatoms. The fourth-order valence-electron chi connectivity index (χ4n) is 1.86. The lowest BCUT2D eigenvalue weighted by atomic mass is 10.1. The number of aliphatic hydroxyl groups excluding tert-OH is 1. The molecule has 0 fully saturated rings. The van der Waals surface area contributed by atoms with Gasteiger partial charge in [0.2, 0.25) is 0 Å². The minimum Gasteiger partial charge on any atom is -0.461 e. The number of rotatable bonds is 9. The highest BCUT2D eigenvalue weighted by Gasteiger charge is 2.27. The third kappa shape index (κ3) is 6.76. The number of aliphatic hydroxyl groups is 1. The SMILES string of the molecule is CC(C)OC(=O)[C@H](CCC(=O)C=N)NC(=O)[C@H](O)c1ccc(F)cn1. The van der Waals surface area contributed by atoms with Crippen LogP contribution in [0.15, 0.2) is 18.3 Å². The van der Waals surface area contributed by atoms with Crippen molar-refractivity contribution in [3.8, 4) is 0 Å². The molecule has 1 rings (SSSR count). The van der Waals surface area contributed by atoms with Crippen LogP contribution in [0.1, 0.15) is 38.5 Å². The van der Waals surface area contributed by atoms with E-state index in [4.69, 9.17) is 10.1 Å². The van der Waals surface area contributed by atoms with Gasteiger partial charge in [-0.3, -0.25) is 14.6 Å². The van der Waals surface area contributed by atoms with Gasteiger partial charge in [0.15, 0.2) is 11.9 Å². The number of ether oxygens (including phenoxy) is 1. The fourth-order valence-corrected chi connectivity index (χ4v) is 1.86. The summed E-state index contributed by atoms with van der Waals surface area (Å²) in [4.78, 5) is 39.0. The summed E-state index contributed by atoms with van der Waals surface area (Å²) in [6.07, 6.45) is -0.924. The molecule has 1 heterocycles. The van der Waals surface area contributed by atoms with Crippen LogP contribution in [0.25, 0.3) is 0 Å². The van der Waals surface area contributed by atoms with Crippen LogP contribution in [-0.4, -0.2) is 46.1 Å². The second-order valence-corrected chi connectivity index (χ2v) is 5.50. The van der Waals surface area contributed by atoms with Gasteiger partial charge in [-0.1, -0.05) is 0 Å². The molecule has 0 bridgehead atoms. The summed E-state index contributed by atoms with van der Waals surface area (Å²) >= 11 is 0. The molecule has 8 nitrogen and oxygen atoms in total. The van der Waals surface area contributed by atoms with Gasteiger partial charge in [0.05, 0.1) is 24.2 Å². The van der Waals surface area contributed by atoms with Gasteiger partial charge in [-0.05, 0) is 32.4 Å². The first kappa shape index (κ1) is 20.4. The van der Waals surface area contributed by atoms with E-state index in [1.807, 2.05) is 0 Å². The van der Waals surface area contributed by atoms with Gasteiger partial charge in [-0.25, -0.2) is 9.18 Å². The summed E-state index contributed by atoms with van der Waals surface area (Å²) in [6, 6.07) is 1.00. The number of nitrogens with zero attached hydrogens (tertiary/aromatic N) is 1. The largest absolute Gasteiger partial charge is 0.461 e. The predicted molar refractivity (Wildman–Crippen MR) is 85.3 cm³/mol. The van der Waals surface area contributed by atoms with Crippen LogP contribution in [0, 0.1) is 11.2 Å². The molecule has 1 aromatic heterocycles. The Hall–Kier alpha value is -2.68. The molecule has 136 valence electrons. The minimum atomic E-state index is -1.71. The summed E-state index contributed by atoms with van der Waals surface area (Å²) in [5.74, 6) is -2.84. The van der Waals surface area contributed by atoms with Gasteiger partial charge in [0.1, 0.15) is 11.9 Å². The molecule has 0 aliphatic heterocycles. The summed E-state index contributed by atoms with van der Waals surface area (Å²) in [7, 11) is 0. The van der Waals surface area contributed by atoms with Gasteiger partial charge in [-0.15, -0.1) is 0 Å². The van der Waals surface area contributed by atoms with Crippen molar-refractivity contribution >= 4 is 23.9 Å². The zero-order chi connectivity index (χ0) is 19.0. The smallest absolute Gasteiger partial charge is 0.328 e. The Labute approximate surface area is 143 Å². The van der Waals surface area contributed by atoms with E-state index in [1.165, 1.54) is 0 Å². The lowest BCUT2D eigenvalue weighted by Crippen LogP contribution is -2.45. The number of hydrogen-bond acceptors (Lipinski definition) is 7. The Morgan fingerprint density at radius 3 is 2.60 bits per heavy atom. The van der Waals surface area contributed by atoms with E-state index in [-0.39, 0.29) is 18.5 Å². The summed E-state index contributed by atoms with van der Waals surface area (Å²) in [5.41, 5.74) is -0.0922. The van der Waals surface area contributed by atoms with Gasteiger partial charge in [0.25, 0.3) is 5.91 Å². The van der Waals surface area contributed by atoms with Crippen LogP contribution in [0.2, 0.25) is 0 Å². The van der Waals surface area contributed by atoms with Gasteiger partial charge >= 0.3 is 5.97 Å². The van der Waals surface area contributed by atoms with E-state index in [2.05, 4.69) is 10.3 Å². The number of carbonyl (C=O) groups excluding carboxylic acids is 3. The maximum atomic E-state index is 12.8. The number of carbonyl (C=O) groups is 3. The quantitative estimate of drug-likeness (QED) is 0.442. The molecule has 0 unspecified atom stereocenters. The van der Waals surface area contributed by atoms with Crippen molar-refractivity contribution in [3.05, 3.63) is 29.8 Å². The summed E-state index contributed by atoms with van der Waals surface area (Å²) in [6.45, 7) is 3.24. The maximum Gasteiger partial charge on any atom is 0.328 e. The maximum absolute atomic E-state index is 12.8. The van der Waals surface area contributed by atoms with Crippen molar-refractivity contribution in [1.29, 1.82) is 5.41 Å². The number of ketones is 1. The zero-order valence-corrected chi connectivity index (χ0v) is 13.9. The summed E-state index contributed by atoms with van der Waals surface area (Å²) < 4.78 is 17.9. The molecule has 0 aliphatic carbocycles. The first-order valence-electron chi connectivity index (χ1n) is 7.58. The van der Waals surface area contributed by atoms with Crippen molar-refractivity contribution in [2.24, 2.45) is 0 Å². The number of pyridine rings is 1. The Morgan fingerprint density at radius 1 is 1.40 bits per heavy atom. The number of esters is 1. The van der Waals surface area contributed by atoms with Crippen molar-refractivity contribution in [3.63, 3.8) is 0 Å². The number of hydrogen-bond donors (Lipinski definition) is 3. The summed E-state index contributed by atoms with van der Waals surface area (Å²) in [5, 5.41) is 19.1. The highest BCUT2D eigenvalue weighted by molar-refractivity contribution is 6.26. The average Bonchev–Trinajstić information content (AvgIpc) is 2.57. The van der Waals surface area contributed by atoms with Crippen LogP contribution in [-0.2, 0) is 19.1 Å². The number of halogens is 1. The third-order valence-electron chi connectivity index (χ3n) is 3.07. The number of Topliss-reactive ketones (excluding diaryl/α,β-unsaturated/α-hetero) is 1. The zero-order valence-electron chi connectivity index (χ0n) is 13.9. The highest BCUT2D eigenvalue weighted by Crippen LogP contribution is 2.12. The van der Waals surface area contributed by atoms with Crippen molar-refractivity contribution < 1.29 is 28.6 Å². The van der Waals surface area contributed by atoms with E-state index in [1.54, 1.807) is 13.8 Å². The minimum absolute atomic E-state index is 0.0882. The van der Waals surface area contributed by atoms with E-state index < -0.39 is 41.7 Å². The van der Waals surface area contributed by atoms with Crippen LogP contribution < -0.4 is 5.32 Å². The third-order valence-corrected chi connectivity index (χ3v) is 3.07. The van der Waals surface area contributed by atoms with E-state index in [9.17, 15) is 23.9 Å². The molecular weight excluding hydrogens is 333 g/mol. The van der Waals surface area contributed by atoms with Crippen LogP contribution in [0.5, 0.6) is 0 Å². The van der Waals surface area contributed by atoms with Crippen molar-refractivity contribution in [1.82, 2.24) is 10.3 Å². The number of nitrogens with one attached hydrogen (secondary N) is 2. The van der Waals surface area contributed by atoms with E-state index in [0.717, 1.165) is 18.3 Å². The second-order valence-electron chi connectivity index (χ2n) is 5.50. The Kier molecular flexibility index (Phi) is 7.80.